The van der Waals surface area contributed by atoms with E-state index < -0.39 is 0 Å². The van der Waals surface area contributed by atoms with E-state index in [0.29, 0.717) is 5.41 Å². The lowest BCUT2D eigenvalue weighted by Gasteiger charge is -2.40. The molecule has 1 aromatic rings. The van der Waals surface area contributed by atoms with Crippen molar-refractivity contribution in [2.24, 2.45) is 11.1 Å². The highest BCUT2D eigenvalue weighted by Gasteiger charge is 2.27. The molecule has 1 heterocycles. The van der Waals surface area contributed by atoms with E-state index in [4.69, 9.17) is 5.73 Å². The molecule has 1 aliphatic rings. The third-order valence-corrected chi connectivity index (χ3v) is 4.21. The van der Waals surface area contributed by atoms with Gasteiger partial charge in [0, 0.05) is 29.3 Å². The molecule has 1 fully saturated rings. The second-order valence-corrected chi connectivity index (χ2v) is 7.10. The molecule has 0 radical (unpaired) electrons. The maximum Gasteiger partial charge on any atom is 0.0415 e. The predicted molar refractivity (Wildman–Crippen MR) is 82.0 cm³/mol. The van der Waals surface area contributed by atoms with Crippen molar-refractivity contribution >= 4 is 21.6 Å². The summed E-state index contributed by atoms with van der Waals surface area (Å²) in [7, 11) is 0. The van der Waals surface area contributed by atoms with Crippen LogP contribution < -0.4 is 10.6 Å². The summed E-state index contributed by atoms with van der Waals surface area (Å²) in [6, 6.07) is 6.54. The van der Waals surface area contributed by atoms with Crippen molar-refractivity contribution in [2.75, 3.05) is 18.0 Å². The zero-order valence-electron chi connectivity index (χ0n) is 11.5. The van der Waals surface area contributed by atoms with E-state index in [1.54, 1.807) is 0 Å². The van der Waals surface area contributed by atoms with Gasteiger partial charge in [-0.15, -0.1) is 0 Å². The molecule has 0 aromatic heterocycles. The summed E-state index contributed by atoms with van der Waals surface area (Å²) in [5.41, 5.74) is 9.06. The molecule has 0 bridgehead atoms. The number of hydrogen-bond acceptors (Lipinski definition) is 2. The Bertz CT molecular complexity index is 427. The first-order chi connectivity index (χ1) is 8.39. The molecule has 0 spiro atoms. The summed E-state index contributed by atoms with van der Waals surface area (Å²) in [4.78, 5) is 2.49. The normalized spacial score (nSPS) is 20.8. The lowest BCUT2D eigenvalue weighted by atomic mass is 9.83. The number of anilines is 1. The summed E-state index contributed by atoms with van der Waals surface area (Å²) < 4.78 is 1.11. The van der Waals surface area contributed by atoms with Gasteiger partial charge in [-0.3, -0.25) is 0 Å². The molecule has 1 unspecified atom stereocenters. The Morgan fingerprint density at radius 3 is 2.72 bits per heavy atom. The number of nitrogens with two attached hydrogens (primary N) is 1. The zero-order chi connectivity index (χ0) is 13.3. The average molecular weight is 311 g/mol. The standard InChI is InChI=1S/C15H23BrN2/c1-11(17)13-9-12(16)5-6-14(13)18-8-4-7-15(2,3)10-18/h5-6,9,11H,4,7-8,10,17H2,1-3H3. The Hall–Kier alpha value is -0.540. The Morgan fingerprint density at radius 1 is 1.39 bits per heavy atom. The maximum absolute atomic E-state index is 6.11. The Labute approximate surface area is 119 Å². The number of piperidine rings is 1. The number of rotatable bonds is 2. The lowest BCUT2D eigenvalue weighted by molar-refractivity contribution is 0.292. The molecule has 2 N–H and O–H groups in total. The molecule has 3 heteroatoms. The molecular weight excluding hydrogens is 288 g/mol. The van der Waals surface area contributed by atoms with E-state index in [2.05, 4.69) is 59.8 Å². The summed E-state index contributed by atoms with van der Waals surface area (Å²) >= 11 is 3.54. The quantitative estimate of drug-likeness (QED) is 0.891. The van der Waals surface area contributed by atoms with Crippen LogP contribution in [-0.4, -0.2) is 13.1 Å². The third kappa shape index (κ3) is 3.07. The van der Waals surface area contributed by atoms with E-state index in [1.807, 2.05) is 0 Å². The number of nitrogens with zero attached hydrogens (tertiary/aromatic N) is 1. The lowest BCUT2D eigenvalue weighted by Crippen LogP contribution is -2.40. The van der Waals surface area contributed by atoms with E-state index in [1.165, 1.54) is 24.1 Å². The molecule has 18 heavy (non-hydrogen) atoms. The van der Waals surface area contributed by atoms with Gasteiger partial charge in [0.05, 0.1) is 0 Å². The van der Waals surface area contributed by atoms with Gasteiger partial charge in [0.1, 0.15) is 0 Å². The van der Waals surface area contributed by atoms with Gasteiger partial charge in [0.2, 0.25) is 0 Å². The highest BCUT2D eigenvalue weighted by molar-refractivity contribution is 9.10. The van der Waals surface area contributed by atoms with Crippen LogP contribution in [0.25, 0.3) is 0 Å². The van der Waals surface area contributed by atoms with Crippen molar-refractivity contribution in [3.05, 3.63) is 28.2 Å². The van der Waals surface area contributed by atoms with Crippen LogP contribution in [0.5, 0.6) is 0 Å². The molecule has 2 nitrogen and oxygen atoms in total. The average Bonchev–Trinajstić information content (AvgIpc) is 2.27. The van der Waals surface area contributed by atoms with Gasteiger partial charge in [-0.2, -0.15) is 0 Å². The van der Waals surface area contributed by atoms with Crippen LogP contribution in [0.2, 0.25) is 0 Å². The summed E-state index contributed by atoms with van der Waals surface area (Å²) in [5.74, 6) is 0. The van der Waals surface area contributed by atoms with Crippen LogP contribution in [-0.2, 0) is 0 Å². The second kappa shape index (κ2) is 5.22. The van der Waals surface area contributed by atoms with E-state index in [-0.39, 0.29) is 6.04 Å². The first kappa shape index (κ1) is 13.9. The number of hydrogen-bond donors (Lipinski definition) is 1. The fourth-order valence-corrected chi connectivity index (χ4v) is 3.19. The van der Waals surface area contributed by atoms with E-state index >= 15 is 0 Å². The van der Waals surface area contributed by atoms with Crippen LogP contribution in [0.15, 0.2) is 22.7 Å². The molecule has 1 atom stereocenters. The largest absolute Gasteiger partial charge is 0.371 e. The molecular formula is C15H23BrN2. The van der Waals surface area contributed by atoms with Crippen LogP contribution in [0, 0.1) is 5.41 Å². The summed E-state index contributed by atoms with van der Waals surface area (Å²) in [6.07, 6.45) is 2.58. The van der Waals surface area contributed by atoms with Crippen molar-refractivity contribution in [1.29, 1.82) is 0 Å². The van der Waals surface area contributed by atoms with Gasteiger partial charge in [-0.25, -0.2) is 0 Å². The first-order valence-corrected chi connectivity index (χ1v) is 7.48. The molecule has 1 aliphatic heterocycles. The topological polar surface area (TPSA) is 29.3 Å². The van der Waals surface area contributed by atoms with Crippen molar-refractivity contribution in [3.63, 3.8) is 0 Å². The van der Waals surface area contributed by atoms with Crippen LogP contribution in [0.1, 0.15) is 45.2 Å². The van der Waals surface area contributed by atoms with Crippen LogP contribution in [0.3, 0.4) is 0 Å². The highest BCUT2D eigenvalue weighted by Crippen LogP contribution is 2.35. The molecule has 2 rings (SSSR count). The van der Waals surface area contributed by atoms with Crippen LogP contribution >= 0.6 is 15.9 Å². The van der Waals surface area contributed by atoms with Crippen molar-refractivity contribution in [2.45, 2.75) is 39.7 Å². The molecule has 0 saturated carbocycles. The van der Waals surface area contributed by atoms with Crippen molar-refractivity contribution in [1.82, 2.24) is 0 Å². The predicted octanol–water partition coefficient (Wildman–Crippen LogP) is 4.10. The second-order valence-electron chi connectivity index (χ2n) is 6.18. The minimum absolute atomic E-state index is 0.0718. The van der Waals surface area contributed by atoms with Crippen LogP contribution in [0.4, 0.5) is 5.69 Å². The highest BCUT2D eigenvalue weighted by atomic mass is 79.9. The summed E-state index contributed by atoms with van der Waals surface area (Å²) in [5, 5.41) is 0. The Balaban J connectivity index is 2.32. The molecule has 0 aliphatic carbocycles. The fourth-order valence-electron chi connectivity index (χ4n) is 2.81. The van der Waals surface area contributed by atoms with Gasteiger partial charge in [0.15, 0.2) is 0 Å². The van der Waals surface area contributed by atoms with Gasteiger partial charge < -0.3 is 10.6 Å². The SMILES string of the molecule is CC(N)c1cc(Br)ccc1N1CCCC(C)(C)C1. The molecule has 0 amide bonds. The third-order valence-electron chi connectivity index (χ3n) is 3.72. The Kier molecular flexibility index (Phi) is 4.02. The maximum atomic E-state index is 6.11. The number of halogens is 1. The summed E-state index contributed by atoms with van der Waals surface area (Å²) in [6.45, 7) is 9.02. The zero-order valence-corrected chi connectivity index (χ0v) is 13.1. The minimum Gasteiger partial charge on any atom is -0.371 e. The van der Waals surface area contributed by atoms with E-state index in [0.717, 1.165) is 17.6 Å². The van der Waals surface area contributed by atoms with E-state index in [9.17, 15) is 0 Å². The molecule has 1 saturated heterocycles. The van der Waals surface area contributed by atoms with Gasteiger partial charge in [-0.05, 0) is 48.9 Å². The van der Waals surface area contributed by atoms with Crippen molar-refractivity contribution < 1.29 is 0 Å². The monoisotopic (exact) mass is 310 g/mol. The molecule has 1 aromatic carbocycles. The fraction of sp³-hybridized carbons (Fsp3) is 0.600. The van der Waals surface area contributed by atoms with Crippen molar-refractivity contribution in [3.8, 4) is 0 Å². The molecule has 100 valence electrons. The first-order valence-electron chi connectivity index (χ1n) is 6.69. The Morgan fingerprint density at radius 2 is 2.11 bits per heavy atom. The number of benzene rings is 1. The minimum atomic E-state index is 0.0718. The van der Waals surface area contributed by atoms with Gasteiger partial charge in [-0.1, -0.05) is 29.8 Å². The van der Waals surface area contributed by atoms with Gasteiger partial charge in [0.25, 0.3) is 0 Å². The smallest absolute Gasteiger partial charge is 0.0415 e. The van der Waals surface area contributed by atoms with Gasteiger partial charge >= 0.3 is 0 Å².